The number of likely N-dealkylation sites (N-methyl/N-ethyl adjacent to an activating group) is 1. The number of fused-ring (bicyclic) bond motifs is 1. The molecule has 0 radical (unpaired) electrons. The van der Waals surface area contributed by atoms with Crippen LogP contribution in [-0.2, 0) is 16.1 Å². The predicted molar refractivity (Wildman–Crippen MR) is 137 cm³/mol. The molecule has 1 aromatic carbocycles. The summed E-state index contributed by atoms with van der Waals surface area (Å²) in [5.74, 6) is 0.449. The minimum absolute atomic E-state index is 0.0732. The van der Waals surface area contributed by atoms with Crippen LogP contribution in [0.3, 0.4) is 0 Å². The van der Waals surface area contributed by atoms with Gasteiger partial charge in [-0.15, -0.1) is 0 Å². The fourth-order valence-corrected chi connectivity index (χ4v) is 4.32. The number of nitrogens with zero attached hydrogens (tertiary/aromatic N) is 3. The van der Waals surface area contributed by atoms with Crippen molar-refractivity contribution in [1.82, 2.24) is 14.8 Å². The fraction of sp³-hybridized carbons (Fsp3) is 0.519. The summed E-state index contributed by atoms with van der Waals surface area (Å²) in [6, 6.07) is 9.40. The highest BCUT2D eigenvalue weighted by Gasteiger charge is 2.28. The monoisotopic (exact) mass is 482 g/mol. The van der Waals surface area contributed by atoms with Gasteiger partial charge in [-0.1, -0.05) is 13.8 Å². The van der Waals surface area contributed by atoms with Crippen LogP contribution in [0.4, 0.5) is 5.69 Å². The molecule has 0 aliphatic carbocycles. The Labute approximate surface area is 208 Å². The summed E-state index contributed by atoms with van der Waals surface area (Å²) in [7, 11) is 3.47. The van der Waals surface area contributed by atoms with E-state index in [4.69, 9.17) is 9.47 Å². The van der Waals surface area contributed by atoms with Crippen molar-refractivity contribution in [3.63, 3.8) is 0 Å². The van der Waals surface area contributed by atoms with Crippen molar-refractivity contribution in [2.75, 3.05) is 39.2 Å². The maximum absolute atomic E-state index is 13.4. The van der Waals surface area contributed by atoms with E-state index in [0.29, 0.717) is 36.6 Å². The van der Waals surface area contributed by atoms with E-state index < -0.39 is 0 Å². The molecule has 190 valence electrons. The number of hydrogen-bond acceptors (Lipinski definition) is 6. The van der Waals surface area contributed by atoms with Crippen molar-refractivity contribution in [3.8, 4) is 5.75 Å². The average molecular weight is 483 g/mol. The predicted octanol–water partition coefficient (Wildman–Crippen LogP) is 3.83. The van der Waals surface area contributed by atoms with Gasteiger partial charge in [0.25, 0.3) is 5.91 Å². The lowest BCUT2D eigenvalue weighted by atomic mass is 10.0. The molecule has 3 rings (SSSR count). The van der Waals surface area contributed by atoms with Gasteiger partial charge in [-0.05, 0) is 55.2 Å². The second kappa shape index (κ2) is 12.7. The smallest absolute Gasteiger partial charge is 0.257 e. The largest absolute Gasteiger partial charge is 0.491 e. The molecule has 2 aromatic rings. The molecule has 0 spiro atoms. The number of aromatic nitrogens is 1. The van der Waals surface area contributed by atoms with Gasteiger partial charge in [0.2, 0.25) is 5.91 Å². The molecule has 2 amide bonds. The molecule has 0 bridgehead atoms. The van der Waals surface area contributed by atoms with Crippen molar-refractivity contribution < 1.29 is 19.1 Å². The van der Waals surface area contributed by atoms with Gasteiger partial charge in [0.15, 0.2) is 0 Å². The van der Waals surface area contributed by atoms with Gasteiger partial charge in [0.1, 0.15) is 12.4 Å². The Bertz CT molecular complexity index is 984. The number of methoxy groups -OCH3 is 1. The van der Waals surface area contributed by atoms with E-state index >= 15 is 0 Å². The summed E-state index contributed by atoms with van der Waals surface area (Å²) < 4.78 is 12.0. The maximum Gasteiger partial charge on any atom is 0.257 e. The van der Waals surface area contributed by atoms with Crippen LogP contribution < -0.4 is 10.1 Å². The zero-order valence-electron chi connectivity index (χ0n) is 21.5. The van der Waals surface area contributed by atoms with E-state index in [1.807, 2.05) is 31.5 Å². The highest BCUT2D eigenvalue weighted by molar-refractivity contribution is 5.99. The number of anilines is 1. The molecule has 1 aliphatic heterocycles. The number of amides is 2. The third-order valence-corrected chi connectivity index (χ3v) is 6.47. The first-order chi connectivity index (χ1) is 16.8. The minimum atomic E-state index is -0.164. The van der Waals surface area contributed by atoms with E-state index in [1.54, 1.807) is 37.3 Å². The summed E-state index contributed by atoms with van der Waals surface area (Å²) >= 11 is 0. The SMILES string of the molecule is CCCC(=O)Nc1ccc2c(c1)C(=O)N(C)C[C@H](OC)[C@H](C)CN(Cc1ccncc1)[C@@H](C)CO2. The third kappa shape index (κ3) is 7.26. The summed E-state index contributed by atoms with van der Waals surface area (Å²) in [5.41, 5.74) is 2.20. The van der Waals surface area contributed by atoms with Crippen molar-refractivity contribution >= 4 is 17.5 Å². The van der Waals surface area contributed by atoms with E-state index in [9.17, 15) is 9.59 Å². The fourth-order valence-electron chi connectivity index (χ4n) is 4.32. The molecule has 35 heavy (non-hydrogen) atoms. The van der Waals surface area contributed by atoms with Gasteiger partial charge in [-0.2, -0.15) is 0 Å². The van der Waals surface area contributed by atoms with Crippen molar-refractivity contribution in [2.24, 2.45) is 5.92 Å². The molecule has 1 N–H and O–H groups in total. The van der Waals surface area contributed by atoms with Crippen LogP contribution in [-0.4, -0.2) is 72.6 Å². The summed E-state index contributed by atoms with van der Waals surface area (Å²) in [5, 5.41) is 2.88. The molecule has 2 heterocycles. The molecular weight excluding hydrogens is 444 g/mol. The Hall–Kier alpha value is -2.97. The number of nitrogens with one attached hydrogen (secondary N) is 1. The molecule has 8 nitrogen and oxygen atoms in total. The molecule has 8 heteroatoms. The lowest BCUT2D eigenvalue weighted by Crippen LogP contribution is -2.46. The van der Waals surface area contributed by atoms with Crippen LogP contribution in [0.5, 0.6) is 5.75 Å². The van der Waals surface area contributed by atoms with Crippen molar-refractivity contribution in [3.05, 3.63) is 53.9 Å². The van der Waals surface area contributed by atoms with E-state index in [0.717, 1.165) is 19.5 Å². The minimum Gasteiger partial charge on any atom is -0.491 e. The van der Waals surface area contributed by atoms with Crippen LogP contribution >= 0.6 is 0 Å². The second-order valence-electron chi connectivity index (χ2n) is 9.39. The lowest BCUT2D eigenvalue weighted by Gasteiger charge is -2.36. The van der Waals surface area contributed by atoms with Crippen molar-refractivity contribution in [1.29, 1.82) is 0 Å². The summed E-state index contributed by atoms with van der Waals surface area (Å²) in [6.45, 7) is 8.66. The number of benzene rings is 1. The number of carbonyl (C=O) groups excluding carboxylic acids is 2. The Morgan fingerprint density at radius 2 is 1.94 bits per heavy atom. The highest BCUT2D eigenvalue weighted by Crippen LogP contribution is 2.27. The van der Waals surface area contributed by atoms with E-state index in [-0.39, 0.29) is 29.9 Å². The van der Waals surface area contributed by atoms with Crippen LogP contribution in [0.1, 0.15) is 49.5 Å². The van der Waals surface area contributed by atoms with E-state index in [1.165, 1.54) is 5.56 Å². The first-order valence-electron chi connectivity index (χ1n) is 12.3. The van der Waals surface area contributed by atoms with Gasteiger partial charge >= 0.3 is 0 Å². The zero-order valence-corrected chi connectivity index (χ0v) is 21.5. The molecule has 1 aliphatic rings. The third-order valence-electron chi connectivity index (χ3n) is 6.47. The van der Waals surface area contributed by atoms with Gasteiger partial charge in [0.05, 0.1) is 11.7 Å². The molecule has 0 saturated heterocycles. The number of pyridine rings is 1. The first kappa shape index (κ1) is 26.6. The molecular formula is C27H38N4O4. The maximum atomic E-state index is 13.4. The zero-order chi connectivity index (χ0) is 25.4. The number of ether oxygens (including phenoxy) is 2. The number of hydrogen-bond donors (Lipinski definition) is 1. The van der Waals surface area contributed by atoms with E-state index in [2.05, 4.69) is 29.0 Å². The molecule has 0 unspecified atom stereocenters. The highest BCUT2D eigenvalue weighted by atomic mass is 16.5. The number of carbonyl (C=O) groups is 2. The topological polar surface area (TPSA) is 84.0 Å². The molecule has 3 atom stereocenters. The Balaban J connectivity index is 1.92. The molecule has 0 fully saturated rings. The number of rotatable bonds is 6. The van der Waals surface area contributed by atoms with Crippen molar-refractivity contribution in [2.45, 2.75) is 52.3 Å². The second-order valence-corrected chi connectivity index (χ2v) is 9.39. The molecule has 0 saturated carbocycles. The van der Waals surface area contributed by atoms with Gasteiger partial charge < -0.3 is 19.7 Å². The van der Waals surface area contributed by atoms with Crippen LogP contribution in [0.15, 0.2) is 42.7 Å². The average Bonchev–Trinajstić information content (AvgIpc) is 2.85. The Morgan fingerprint density at radius 1 is 1.20 bits per heavy atom. The van der Waals surface area contributed by atoms with Gasteiger partial charge in [-0.25, -0.2) is 0 Å². The molecule has 1 aromatic heterocycles. The summed E-state index contributed by atoms with van der Waals surface area (Å²) in [4.78, 5) is 33.7. The van der Waals surface area contributed by atoms with Crippen LogP contribution in [0.25, 0.3) is 0 Å². The van der Waals surface area contributed by atoms with Gasteiger partial charge in [0, 0.05) is 64.3 Å². The first-order valence-corrected chi connectivity index (χ1v) is 12.3. The van der Waals surface area contributed by atoms with Gasteiger partial charge in [-0.3, -0.25) is 19.5 Å². The van der Waals surface area contributed by atoms with Crippen LogP contribution in [0, 0.1) is 5.92 Å². The normalized spacial score (nSPS) is 21.9. The quantitative estimate of drug-likeness (QED) is 0.674. The Kier molecular flexibility index (Phi) is 9.63. The lowest BCUT2D eigenvalue weighted by molar-refractivity contribution is -0.116. The standard InChI is InChI=1S/C27H38N4O4/c1-6-7-26(32)29-22-8-9-24-23(14-22)27(33)30(4)17-25(34-5)19(2)15-31(20(3)18-35-24)16-21-10-12-28-13-11-21/h8-14,19-20,25H,6-7,15-18H2,1-5H3,(H,29,32)/t19-,20+,25+/m1/s1. The Morgan fingerprint density at radius 3 is 2.63 bits per heavy atom. The summed E-state index contributed by atoms with van der Waals surface area (Å²) in [6.07, 6.45) is 4.67. The van der Waals surface area contributed by atoms with Crippen LogP contribution in [0.2, 0.25) is 0 Å².